The van der Waals surface area contributed by atoms with Crippen LogP contribution in [-0.2, 0) is 14.8 Å². The zero-order valence-corrected chi connectivity index (χ0v) is 21.8. The predicted octanol–water partition coefficient (Wildman–Crippen LogP) is 4.05. The first-order valence-corrected chi connectivity index (χ1v) is 13.9. The van der Waals surface area contributed by atoms with Crippen LogP contribution in [0.5, 0.6) is 0 Å². The third-order valence-electron chi connectivity index (χ3n) is 7.16. The molecule has 1 saturated heterocycles. The van der Waals surface area contributed by atoms with Crippen molar-refractivity contribution in [3.63, 3.8) is 0 Å². The van der Waals surface area contributed by atoms with Crippen molar-refractivity contribution in [1.29, 1.82) is 0 Å². The fourth-order valence-electron chi connectivity index (χ4n) is 5.17. The van der Waals surface area contributed by atoms with Gasteiger partial charge in [-0.25, -0.2) is 27.2 Å². The van der Waals surface area contributed by atoms with E-state index in [9.17, 15) is 13.2 Å². The second-order valence-corrected chi connectivity index (χ2v) is 12.9. The molecule has 1 amide bonds. The van der Waals surface area contributed by atoms with Crippen molar-refractivity contribution in [2.75, 3.05) is 18.0 Å². The molecule has 1 aliphatic heterocycles. The summed E-state index contributed by atoms with van der Waals surface area (Å²) >= 11 is 0. The highest BCUT2D eigenvalue weighted by atomic mass is 32.2. The Bertz CT molecular complexity index is 1450. The van der Waals surface area contributed by atoms with Crippen molar-refractivity contribution in [3.05, 3.63) is 47.9 Å². The summed E-state index contributed by atoms with van der Waals surface area (Å²) in [5.74, 6) is 1.07. The van der Waals surface area contributed by atoms with Crippen LogP contribution in [0.4, 0.5) is 10.6 Å². The lowest BCUT2D eigenvalue weighted by Crippen LogP contribution is -2.50. The number of amides is 1. The lowest BCUT2D eigenvalue weighted by molar-refractivity contribution is 0.0218. The predicted molar refractivity (Wildman–Crippen MR) is 136 cm³/mol. The third-order valence-corrected chi connectivity index (χ3v) is 8.83. The van der Waals surface area contributed by atoms with Gasteiger partial charge >= 0.3 is 6.09 Å². The molecule has 3 aliphatic rings. The van der Waals surface area contributed by atoms with Gasteiger partial charge in [0.15, 0.2) is 5.65 Å². The van der Waals surface area contributed by atoms with Gasteiger partial charge < -0.3 is 14.5 Å². The molecule has 1 aromatic carbocycles. The lowest BCUT2D eigenvalue weighted by Gasteiger charge is -2.36. The number of fused-ring (bicyclic) bond motifs is 2. The molecule has 2 unspecified atom stereocenters. The van der Waals surface area contributed by atoms with Gasteiger partial charge in [0.2, 0.25) is 0 Å². The molecule has 0 spiro atoms. The van der Waals surface area contributed by atoms with Gasteiger partial charge in [0.25, 0.3) is 10.0 Å². The SMILES string of the molecule is Cc1ccc(S(=O)(=O)n2cc(C3CC3)c3c(N4CCN(C(=O)OC(C)(C)C)C5CC54)ncnc32)cc1. The zero-order chi connectivity index (χ0) is 25.4. The van der Waals surface area contributed by atoms with Crippen LogP contribution in [0.25, 0.3) is 11.0 Å². The average molecular weight is 510 g/mol. The molecule has 2 aliphatic carbocycles. The Balaban J connectivity index is 1.38. The number of anilines is 1. The van der Waals surface area contributed by atoms with Crippen LogP contribution in [0.1, 0.15) is 57.1 Å². The number of ether oxygens (including phenoxy) is 1. The van der Waals surface area contributed by atoms with Gasteiger partial charge in [-0.05, 0) is 70.6 Å². The van der Waals surface area contributed by atoms with Crippen molar-refractivity contribution in [2.45, 2.75) is 75.5 Å². The highest BCUT2D eigenvalue weighted by Gasteiger charge is 2.52. The Morgan fingerprint density at radius 1 is 1.06 bits per heavy atom. The van der Waals surface area contributed by atoms with Gasteiger partial charge in [0.1, 0.15) is 17.7 Å². The molecule has 10 heteroatoms. The number of hydrogen-bond donors (Lipinski definition) is 0. The number of benzene rings is 1. The number of hydrogen-bond acceptors (Lipinski definition) is 7. The number of nitrogens with zero attached hydrogens (tertiary/aromatic N) is 5. The summed E-state index contributed by atoms with van der Waals surface area (Å²) in [6.45, 7) is 8.68. The Labute approximate surface area is 211 Å². The van der Waals surface area contributed by atoms with Gasteiger partial charge in [-0.3, -0.25) is 0 Å². The van der Waals surface area contributed by atoms with Crippen molar-refractivity contribution in [3.8, 4) is 0 Å². The first kappa shape index (κ1) is 23.3. The van der Waals surface area contributed by atoms with Crippen LogP contribution >= 0.6 is 0 Å². The summed E-state index contributed by atoms with van der Waals surface area (Å²) in [5, 5.41) is 0.812. The van der Waals surface area contributed by atoms with E-state index < -0.39 is 15.6 Å². The molecule has 6 rings (SSSR count). The molecule has 0 radical (unpaired) electrons. The number of aryl methyl sites for hydroxylation is 1. The molecule has 36 heavy (non-hydrogen) atoms. The number of carbonyl (C=O) groups is 1. The average Bonchev–Trinajstić information content (AvgIpc) is 3.74. The van der Waals surface area contributed by atoms with Gasteiger partial charge in [0, 0.05) is 19.3 Å². The minimum absolute atomic E-state index is 0.0707. The summed E-state index contributed by atoms with van der Waals surface area (Å²) in [6.07, 6.45) is 5.81. The van der Waals surface area contributed by atoms with E-state index in [1.54, 1.807) is 30.5 Å². The molecule has 9 nitrogen and oxygen atoms in total. The van der Waals surface area contributed by atoms with Crippen LogP contribution in [0.15, 0.2) is 41.7 Å². The van der Waals surface area contributed by atoms with Crippen LogP contribution in [0.2, 0.25) is 0 Å². The van der Waals surface area contributed by atoms with E-state index in [2.05, 4.69) is 14.9 Å². The summed E-state index contributed by atoms with van der Waals surface area (Å²) in [4.78, 5) is 26.1. The second kappa shape index (κ2) is 7.93. The smallest absolute Gasteiger partial charge is 0.410 e. The molecular weight excluding hydrogens is 478 g/mol. The molecular formula is C26H31N5O4S. The largest absolute Gasteiger partial charge is 0.444 e. The topological polar surface area (TPSA) is 97.6 Å². The molecule has 0 N–H and O–H groups in total. The van der Waals surface area contributed by atoms with Gasteiger partial charge in [-0.15, -0.1) is 0 Å². The van der Waals surface area contributed by atoms with Gasteiger partial charge in [0.05, 0.1) is 22.4 Å². The number of aromatic nitrogens is 3. The third kappa shape index (κ3) is 3.91. The van der Waals surface area contributed by atoms with Crippen molar-refractivity contribution in [1.82, 2.24) is 18.8 Å². The molecule has 0 bridgehead atoms. The molecule has 190 valence electrons. The highest BCUT2D eigenvalue weighted by Crippen LogP contribution is 2.48. The van der Waals surface area contributed by atoms with E-state index in [-0.39, 0.29) is 23.1 Å². The molecule has 3 heterocycles. The summed E-state index contributed by atoms with van der Waals surface area (Å²) in [6, 6.07) is 7.09. The standard InChI is InChI=1S/C26H31N5O4S/c1-16-5-9-18(10-6-16)36(33,34)31-14-19(17-7-8-17)22-23(27-15-28-24(22)31)29-11-12-30(21-13-20(21)29)25(32)35-26(2,3)4/h5-6,9-10,14-15,17,20-21H,7-8,11-13H2,1-4H3. The van der Waals surface area contributed by atoms with E-state index in [1.807, 2.05) is 32.6 Å². The minimum Gasteiger partial charge on any atom is -0.444 e. The van der Waals surface area contributed by atoms with E-state index >= 15 is 0 Å². The van der Waals surface area contributed by atoms with Crippen LogP contribution in [-0.4, -0.2) is 64.1 Å². The van der Waals surface area contributed by atoms with E-state index in [4.69, 9.17) is 4.74 Å². The second-order valence-electron chi connectivity index (χ2n) is 11.1. The summed E-state index contributed by atoms with van der Waals surface area (Å²) in [7, 11) is -3.82. The Morgan fingerprint density at radius 3 is 2.44 bits per heavy atom. The summed E-state index contributed by atoms with van der Waals surface area (Å²) < 4.78 is 34.2. The van der Waals surface area contributed by atoms with Crippen molar-refractivity contribution >= 4 is 33.0 Å². The number of carbonyl (C=O) groups excluding carboxylic acids is 1. The molecule has 2 saturated carbocycles. The Kier molecular flexibility index (Phi) is 5.13. The van der Waals surface area contributed by atoms with Crippen LogP contribution in [0.3, 0.4) is 0 Å². The zero-order valence-electron chi connectivity index (χ0n) is 21.0. The minimum atomic E-state index is -3.82. The number of rotatable bonds is 4. The maximum Gasteiger partial charge on any atom is 0.410 e. The fraction of sp³-hybridized carbons (Fsp3) is 0.500. The molecule has 2 atom stereocenters. The van der Waals surface area contributed by atoms with Crippen molar-refractivity contribution in [2.24, 2.45) is 0 Å². The maximum absolute atomic E-state index is 13.6. The van der Waals surface area contributed by atoms with Gasteiger partial charge in [-0.2, -0.15) is 0 Å². The maximum atomic E-state index is 13.6. The van der Waals surface area contributed by atoms with E-state index in [0.717, 1.165) is 41.6 Å². The summed E-state index contributed by atoms with van der Waals surface area (Å²) in [5.41, 5.74) is 1.86. The van der Waals surface area contributed by atoms with Crippen LogP contribution < -0.4 is 4.90 Å². The number of piperazine rings is 1. The van der Waals surface area contributed by atoms with Crippen molar-refractivity contribution < 1.29 is 17.9 Å². The van der Waals surface area contributed by atoms with Crippen LogP contribution in [0, 0.1) is 6.92 Å². The first-order chi connectivity index (χ1) is 17.0. The van der Waals surface area contributed by atoms with E-state index in [1.165, 1.54) is 10.3 Å². The molecule has 3 aromatic rings. The quantitative estimate of drug-likeness (QED) is 0.523. The lowest BCUT2D eigenvalue weighted by atomic mass is 10.1. The fourth-order valence-corrected chi connectivity index (χ4v) is 6.49. The van der Waals surface area contributed by atoms with Gasteiger partial charge in [-0.1, -0.05) is 17.7 Å². The monoisotopic (exact) mass is 509 g/mol. The molecule has 2 aromatic heterocycles. The molecule has 3 fully saturated rings. The Hall–Kier alpha value is -3.14. The van der Waals surface area contributed by atoms with E-state index in [0.29, 0.717) is 24.7 Å². The highest BCUT2D eigenvalue weighted by molar-refractivity contribution is 7.90. The Morgan fingerprint density at radius 2 is 1.78 bits per heavy atom. The normalized spacial score (nSPS) is 22.0. The first-order valence-electron chi connectivity index (χ1n) is 12.5.